The molecule has 5 saturated carbocycles. The van der Waals surface area contributed by atoms with E-state index in [0.29, 0.717) is 18.1 Å². The Labute approximate surface area is 230 Å². The van der Waals surface area contributed by atoms with Crippen LogP contribution in [0.15, 0.2) is 30.3 Å². The second kappa shape index (κ2) is 8.97. The summed E-state index contributed by atoms with van der Waals surface area (Å²) in [4.78, 5) is 16.0. The lowest BCUT2D eigenvalue weighted by molar-refractivity contribution is -0.299. The van der Waals surface area contributed by atoms with Gasteiger partial charge in [-0.2, -0.15) is 0 Å². The molecule has 6 fully saturated rings. The highest BCUT2D eigenvalue weighted by molar-refractivity contribution is 5.89. The minimum atomic E-state index is -1.43. The first-order valence-electron chi connectivity index (χ1n) is 14.8. The molecule has 214 valence electrons. The van der Waals surface area contributed by atoms with Crippen molar-refractivity contribution >= 4 is 5.97 Å². The zero-order valence-corrected chi connectivity index (χ0v) is 23.5. The molecule has 0 aromatic heterocycles. The van der Waals surface area contributed by atoms with Gasteiger partial charge < -0.3 is 29.2 Å². The summed E-state index contributed by atoms with van der Waals surface area (Å²) in [7, 11) is 5.24. The number of aliphatic hydroxyl groups excluding tert-OH is 1. The standard InChI is InChI=1S/C31H43NO7/c1-5-32-15-29(16-36-2)12-11-22(37-3)30-19-13-18-24(39-28(34)17-9-7-6-8-10-17)23(19)31(35,27(33)25(18)38-4)20(26(30)32)14-21(29)30/h6-10,18-27,33,35H,5,11-16H2,1-4H3/t18-,19+,20-,21+,22-,23+,24-,25+,26?,27-,29-,30+,31-/m0/s1. The number of rotatable bonds is 7. The van der Waals surface area contributed by atoms with Crippen molar-refractivity contribution in [2.24, 2.45) is 40.4 Å². The Kier molecular flexibility index (Phi) is 6.06. The van der Waals surface area contributed by atoms with Crippen LogP contribution >= 0.6 is 0 Å². The maximum absolute atomic E-state index is 13.4. The van der Waals surface area contributed by atoms with Crippen molar-refractivity contribution < 1.29 is 34.0 Å². The van der Waals surface area contributed by atoms with Gasteiger partial charge in [0.15, 0.2) is 0 Å². The van der Waals surface area contributed by atoms with Crippen molar-refractivity contribution in [2.45, 2.75) is 68.7 Å². The monoisotopic (exact) mass is 541 g/mol. The zero-order valence-electron chi connectivity index (χ0n) is 23.5. The lowest BCUT2D eigenvalue weighted by atomic mass is 9.43. The normalized spacial score (nSPS) is 51.1. The van der Waals surface area contributed by atoms with E-state index < -0.39 is 23.9 Å². The van der Waals surface area contributed by atoms with Crippen LogP contribution in [-0.4, -0.2) is 98.2 Å². The summed E-state index contributed by atoms with van der Waals surface area (Å²) in [5, 5.41) is 24.9. The molecule has 39 heavy (non-hydrogen) atoms. The number of aliphatic hydroxyl groups is 2. The van der Waals surface area contributed by atoms with Crippen LogP contribution in [0, 0.1) is 40.4 Å². The lowest BCUT2D eigenvalue weighted by Gasteiger charge is -2.69. The Bertz CT molecular complexity index is 1120. The van der Waals surface area contributed by atoms with Gasteiger partial charge in [0.25, 0.3) is 0 Å². The SMILES string of the molecule is CCN1C[C@]2(COC)CC[C@H](OC)[C@]34C1[C@H](C[C@H]23)[C@]1(O)[C@H]2[C@@H](OC(=O)c3ccccc3)[C@H](C[C@H]24)[C@@H](OC)[C@@H]1O. The molecule has 1 aromatic rings. The second-order valence-electron chi connectivity index (χ2n) is 13.3. The molecular weight excluding hydrogens is 498 g/mol. The van der Waals surface area contributed by atoms with Gasteiger partial charge in [-0.25, -0.2) is 4.79 Å². The fourth-order valence-corrected chi connectivity index (χ4v) is 11.6. The van der Waals surface area contributed by atoms with Gasteiger partial charge in [-0.3, -0.25) is 4.90 Å². The number of esters is 1. The molecule has 8 nitrogen and oxygen atoms in total. The molecule has 1 heterocycles. The van der Waals surface area contributed by atoms with E-state index in [4.69, 9.17) is 18.9 Å². The summed E-state index contributed by atoms with van der Waals surface area (Å²) < 4.78 is 24.6. The summed E-state index contributed by atoms with van der Waals surface area (Å²) in [6, 6.07) is 9.15. The maximum atomic E-state index is 13.4. The van der Waals surface area contributed by atoms with Crippen LogP contribution < -0.4 is 0 Å². The Morgan fingerprint density at radius 1 is 1.08 bits per heavy atom. The summed E-state index contributed by atoms with van der Waals surface area (Å²) in [5.41, 5.74) is -1.17. The third-order valence-corrected chi connectivity index (χ3v) is 12.5. The summed E-state index contributed by atoms with van der Waals surface area (Å²) in [6.45, 7) is 4.69. The average molecular weight is 542 g/mol. The van der Waals surface area contributed by atoms with Crippen LogP contribution in [0.1, 0.15) is 43.0 Å². The molecule has 8 heteroatoms. The number of hydrogen-bond acceptors (Lipinski definition) is 8. The number of fused-ring (bicyclic) bond motifs is 2. The van der Waals surface area contributed by atoms with E-state index in [2.05, 4.69) is 11.8 Å². The molecule has 1 unspecified atom stereocenters. The van der Waals surface area contributed by atoms with E-state index in [9.17, 15) is 15.0 Å². The number of piperidine rings is 1. The van der Waals surface area contributed by atoms with Crippen molar-refractivity contribution in [1.82, 2.24) is 4.90 Å². The number of likely N-dealkylation sites (tertiary alicyclic amines) is 1. The van der Waals surface area contributed by atoms with Crippen molar-refractivity contribution in [3.63, 3.8) is 0 Å². The molecule has 7 bridgehead atoms. The van der Waals surface area contributed by atoms with Gasteiger partial charge in [-0.15, -0.1) is 0 Å². The van der Waals surface area contributed by atoms with Gasteiger partial charge >= 0.3 is 5.97 Å². The molecule has 7 rings (SSSR count). The molecule has 2 N–H and O–H groups in total. The van der Waals surface area contributed by atoms with Crippen LogP contribution in [0.25, 0.3) is 0 Å². The van der Waals surface area contributed by atoms with Gasteiger partial charge in [0.1, 0.15) is 17.8 Å². The molecule has 0 amide bonds. The fraction of sp³-hybridized carbons (Fsp3) is 0.774. The Morgan fingerprint density at radius 2 is 1.85 bits per heavy atom. The predicted octanol–water partition coefficient (Wildman–Crippen LogP) is 2.37. The molecule has 1 aliphatic heterocycles. The fourth-order valence-electron chi connectivity index (χ4n) is 11.6. The molecule has 5 aliphatic carbocycles. The highest BCUT2D eigenvalue weighted by Crippen LogP contribution is 2.79. The number of nitrogens with zero attached hydrogens (tertiary/aromatic N) is 1. The van der Waals surface area contributed by atoms with Crippen molar-refractivity contribution in [2.75, 3.05) is 41.0 Å². The Balaban J connectivity index is 1.40. The van der Waals surface area contributed by atoms with Crippen LogP contribution in [0.3, 0.4) is 0 Å². The van der Waals surface area contributed by atoms with Crippen molar-refractivity contribution in [3.8, 4) is 0 Å². The van der Waals surface area contributed by atoms with Crippen LogP contribution in [0.4, 0.5) is 0 Å². The molecule has 0 radical (unpaired) electrons. The first-order valence-corrected chi connectivity index (χ1v) is 14.8. The van der Waals surface area contributed by atoms with Crippen LogP contribution in [0.2, 0.25) is 0 Å². The van der Waals surface area contributed by atoms with E-state index in [0.717, 1.165) is 38.8 Å². The predicted molar refractivity (Wildman–Crippen MR) is 142 cm³/mol. The second-order valence-corrected chi connectivity index (χ2v) is 13.3. The van der Waals surface area contributed by atoms with Crippen molar-refractivity contribution in [3.05, 3.63) is 35.9 Å². The molecule has 1 spiro atoms. The smallest absolute Gasteiger partial charge is 0.338 e. The number of ether oxygens (including phenoxy) is 4. The number of methoxy groups -OCH3 is 3. The largest absolute Gasteiger partial charge is 0.458 e. The Morgan fingerprint density at radius 3 is 2.51 bits per heavy atom. The van der Waals surface area contributed by atoms with Gasteiger partial charge in [0, 0.05) is 62.5 Å². The molecule has 6 aliphatic rings. The third kappa shape index (κ3) is 3.03. The van der Waals surface area contributed by atoms with E-state index in [1.165, 1.54) is 0 Å². The molecular formula is C31H43NO7. The summed E-state index contributed by atoms with van der Waals surface area (Å²) >= 11 is 0. The van der Waals surface area contributed by atoms with Gasteiger partial charge in [-0.05, 0) is 56.2 Å². The maximum Gasteiger partial charge on any atom is 0.338 e. The highest BCUT2D eigenvalue weighted by atomic mass is 16.6. The number of carbonyl (C=O) groups is 1. The average Bonchev–Trinajstić information content (AvgIpc) is 3.40. The third-order valence-electron chi connectivity index (χ3n) is 12.5. The van der Waals surface area contributed by atoms with Crippen LogP contribution in [-0.2, 0) is 18.9 Å². The van der Waals surface area contributed by atoms with Crippen molar-refractivity contribution in [1.29, 1.82) is 0 Å². The number of carbonyl (C=O) groups excluding carboxylic acids is 1. The first kappa shape index (κ1) is 26.4. The first-order chi connectivity index (χ1) is 18.8. The van der Waals surface area contributed by atoms with Gasteiger partial charge in [0.05, 0.1) is 24.4 Å². The molecule has 1 aromatic carbocycles. The molecule has 1 saturated heterocycles. The molecule has 13 atom stereocenters. The lowest BCUT2D eigenvalue weighted by Crippen LogP contribution is -2.78. The summed E-state index contributed by atoms with van der Waals surface area (Å²) in [6.07, 6.45) is 1.36. The van der Waals surface area contributed by atoms with E-state index in [1.807, 2.05) is 25.3 Å². The van der Waals surface area contributed by atoms with Gasteiger partial charge in [-0.1, -0.05) is 25.1 Å². The van der Waals surface area contributed by atoms with E-state index >= 15 is 0 Å². The number of benzene rings is 1. The minimum Gasteiger partial charge on any atom is -0.458 e. The van der Waals surface area contributed by atoms with Crippen LogP contribution in [0.5, 0.6) is 0 Å². The zero-order chi connectivity index (χ0) is 27.3. The topological polar surface area (TPSA) is 97.7 Å². The number of hydrogen-bond donors (Lipinski definition) is 2. The highest BCUT2D eigenvalue weighted by Gasteiger charge is 2.85. The Hall–Kier alpha value is -1.55. The quantitative estimate of drug-likeness (QED) is 0.508. The summed E-state index contributed by atoms with van der Waals surface area (Å²) in [5.74, 6) is -0.808. The minimum absolute atomic E-state index is 0.0278. The van der Waals surface area contributed by atoms with Gasteiger partial charge in [0.2, 0.25) is 0 Å². The van der Waals surface area contributed by atoms with E-state index in [-0.39, 0.29) is 52.6 Å². The van der Waals surface area contributed by atoms with E-state index in [1.54, 1.807) is 26.4 Å².